The van der Waals surface area contributed by atoms with Crippen LogP contribution < -0.4 is 11.3 Å². The number of unbranched alkanes of at least 4 members (excludes halogenated alkanes) is 6. The average Bonchev–Trinajstić information content (AvgIpc) is 2.79. The monoisotopic (exact) mass is 272 g/mol. The number of halogens is 1. The molecule has 1 unspecified atom stereocenters. The first kappa shape index (κ1) is 15.5. The Morgan fingerprint density at radius 2 is 1.83 bits per heavy atom. The summed E-state index contributed by atoms with van der Waals surface area (Å²) < 4.78 is 5.37. The summed E-state index contributed by atoms with van der Waals surface area (Å²) in [5.41, 5.74) is 2.79. The lowest BCUT2D eigenvalue weighted by Crippen LogP contribution is -2.27. The predicted molar refractivity (Wildman–Crippen MR) is 76.4 cm³/mol. The normalized spacial score (nSPS) is 12.8. The van der Waals surface area contributed by atoms with E-state index in [0.29, 0.717) is 5.22 Å². The highest BCUT2D eigenvalue weighted by Gasteiger charge is 2.13. The number of furan rings is 1. The number of rotatable bonds is 10. The molecule has 0 saturated carbocycles. The number of nitrogens with two attached hydrogens (primary N) is 1. The molecule has 0 spiro atoms. The van der Waals surface area contributed by atoms with Gasteiger partial charge in [-0.2, -0.15) is 0 Å². The summed E-state index contributed by atoms with van der Waals surface area (Å²) in [4.78, 5) is 0. The molecule has 0 bridgehead atoms. The quantitative estimate of drug-likeness (QED) is 0.372. The molecule has 4 heteroatoms. The molecule has 1 atom stereocenters. The van der Waals surface area contributed by atoms with Crippen LogP contribution in [0.2, 0.25) is 5.22 Å². The third-order valence-corrected chi connectivity index (χ3v) is 3.44. The lowest BCUT2D eigenvalue weighted by atomic mass is 10.0. The van der Waals surface area contributed by atoms with E-state index in [-0.39, 0.29) is 6.04 Å². The van der Waals surface area contributed by atoms with Crippen molar-refractivity contribution in [2.45, 2.75) is 64.3 Å². The number of hydrazine groups is 1. The molecule has 1 rings (SSSR count). The van der Waals surface area contributed by atoms with E-state index in [1.807, 2.05) is 6.07 Å². The van der Waals surface area contributed by atoms with E-state index >= 15 is 0 Å². The third-order valence-electron chi connectivity index (χ3n) is 3.23. The smallest absolute Gasteiger partial charge is 0.193 e. The van der Waals surface area contributed by atoms with Crippen LogP contribution in [0.4, 0.5) is 0 Å². The maximum Gasteiger partial charge on any atom is 0.193 e. The summed E-state index contributed by atoms with van der Waals surface area (Å²) >= 11 is 5.76. The molecule has 18 heavy (non-hydrogen) atoms. The minimum Gasteiger partial charge on any atom is -0.448 e. The van der Waals surface area contributed by atoms with Crippen LogP contribution in [0.5, 0.6) is 0 Å². The van der Waals surface area contributed by atoms with Crippen molar-refractivity contribution in [2.75, 3.05) is 0 Å². The molecule has 0 aliphatic carbocycles. The van der Waals surface area contributed by atoms with E-state index in [0.717, 1.165) is 12.2 Å². The van der Waals surface area contributed by atoms with E-state index in [2.05, 4.69) is 12.3 Å². The lowest BCUT2D eigenvalue weighted by Gasteiger charge is -2.12. The Bertz CT molecular complexity index is 314. The van der Waals surface area contributed by atoms with Gasteiger partial charge in [-0.1, -0.05) is 51.9 Å². The van der Waals surface area contributed by atoms with Gasteiger partial charge in [-0.3, -0.25) is 5.84 Å². The number of nitrogens with one attached hydrogen (secondary N) is 1. The molecule has 0 aliphatic heterocycles. The lowest BCUT2D eigenvalue weighted by molar-refractivity contribution is 0.389. The van der Waals surface area contributed by atoms with Crippen LogP contribution in [0.1, 0.15) is 70.1 Å². The second-order valence-electron chi connectivity index (χ2n) is 4.77. The van der Waals surface area contributed by atoms with Gasteiger partial charge in [0.15, 0.2) is 5.22 Å². The Morgan fingerprint density at radius 1 is 1.17 bits per heavy atom. The van der Waals surface area contributed by atoms with Crippen molar-refractivity contribution in [3.05, 3.63) is 23.1 Å². The van der Waals surface area contributed by atoms with Crippen LogP contribution in [-0.4, -0.2) is 0 Å². The van der Waals surface area contributed by atoms with Crippen LogP contribution >= 0.6 is 11.6 Å². The average molecular weight is 273 g/mol. The Balaban J connectivity index is 2.13. The summed E-state index contributed by atoms with van der Waals surface area (Å²) in [7, 11) is 0. The fraction of sp³-hybridized carbons (Fsp3) is 0.714. The van der Waals surface area contributed by atoms with Gasteiger partial charge in [-0.15, -0.1) is 0 Å². The van der Waals surface area contributed by atoms with Crippen molar-refractivity contribution in [1.29, 1.82) is 0 Å². The SMILES string of the molecule is CCCCCCCCCC(NN)c1ccc(Cl)o1. The summed E-state index contributed by atoms with van der Waals surface area (Å²) in [6.07, 6.45) is 10.1. The van der Waals surface area contributed by atoms with E-state index in [9.17, 15) is 0 Å². The van der Waals surface area contributed by atoms with E-state index in [4.69, 9.17) is 21.9 Å². The van der Waals surface area contributed by atoms with Gasteiger partial charge in [0.25, 0.3) is 0 Å². The Labute approximate surface area is 115 Å². The number of hydrogen-bond donors (Lipinski definition) is 2. The summed E-state index contributed by atoms with van der Waals surface area (Å²) in [6, 6.07) is 3.72. The van der Waals surface area contributed by atoms with Gasteiger partial charge < -0.3 is 4.42 Å². The molecular formula is C14H25ClN2O. The van der Waals surface area contributed by atoms with Crippen molar-refractivity contribution in [2.24, 2.45) is 5.84 Å². The number of hydrogen-bond acceptors (Lipinski definition) is 3. The molecule has 3 N–H and O–H groups in total. The zero-order valence-corrected chi connectivity index (χ0v) is 12.0. The largest absolute Gasteiger partial charge is 0.448 e. The van der Waals surface area contributed by atoms with Gasteiger partial charge in [-0.05, 0) is 30.2 Å². The van der Waals surface area contributed by atoms with Crippen LogP contribution in [0.15, 0.2) is 16.5 Å². The maximum atomic E-state index is 5.76. The molecule has 0 saturated heterocycles. The van der Waals surface area contributed by atoms with Crippen LogP contribution in [0, 0.1) is 0 Å². The molecule has 3 nitrogen and oxygen atoms in total. The third kappa shape index (κ3) is 5.89. The molecule has 1 aromatic rings. The Morgan fingerprint density at radius 3 is 2.39 bits per heavy atom. The first-order chi connectivity index (χ1) is 8.77. The van der Waals surface area contributed by atoms with E-state index in [1.54, 1.807) is 6.07 Å². The molecule has 0 aromatic carbocycles. The molecule has 0 radical (unpaired) electrons. The summed E-state index contributed by atoms with van der Waals surface area (Å²) in [5, 5.41) is 0.421. The zero-order chi connectivity index (χ0) is 13.2. The van der Waals surface area contributed by atoms with Gasteiger partial charge in [0, 0.05) is 0 Å². The standard InChI is InChI=1S/C14H25ClN2O/c1-2-3-4-5-6-7-8-9-12(17-16)13-10-11-14(15)18-13/h10-12,17H,2-9,16H2,1H3. The van der Waals surface area contributed by atoms with Crippen LogP contribution in [0.25, 0.3) is 0 Å². The fourth-order valence-electron chi connectivity index (χ4n) is 2.13. The first-order valence-corrected chi connectivity index (χ1v) is 7.37. The molecule has 0 fully saturated rings. The topological polar surface area (TPSA) is 51.2 Å². The highest BCUT2D eigenvalue weighted by molar-refractivity contribution is 6.28. The molecule has 1 aromatic heterocycles. The highest BCUT2D eigenvalue weighted by atomic mass is 35.5. The zero-order valence-electron chi connectivity index (χ0n) is 11.3. The Kier molecular flexibility index (Phi) is 8.14. The summed E-state index contributed by atoms with van der Waals surface area (Å²) in [6.45, 7) is 2.24. The highest BCUT2D eigenvalue weighted by Crippen LogP contribution is 2.23. The van der Waals surface area contributed by atoms with Crippen molar-refractivity contribution < 1.29 is 4.42 Å². The van der Waals surface area contributed by atoms with Gasteiger partial charge in [0.05, 0.1) is 6.04 Å². The van der Waals surface area contributed by atoms with Crippen molar-refractivity contribution in [1.82, 2.24) is 5.43 Å². The Hall–Kier alpha value is -0.510. The molecule has 0 aliphatic rings. The second kappa shape index (κ2) is 9.42. The van der Waals surface area contributed by atoms with Crippen LogP contribution in [-0.2, 0) is 0 Å². The van der Waals surface area contributed by atoms with Crippen molar-refractivity contribution in [3.8, 4) is 0 Å². The summed E-state index contributed by atoms with van der Waals surface area (Å²) in [5.74, 6) is 6.37. The van der Waals surface area contributed by atoms with E-state index < -0.39 is 0 Å². The molecular weight excluding hydrogens is 248 g/mol. The maximum absolute atomic E-state index is 5.76. The molecule has 0 amide bonds. The predicted octanol–water partition coefficient (Wildman–Crippen LogP) is 4.58. The molecule has 1 heterocycles. The van der Waals surface area contributed by atoms with Gasteiger partial charge >= 0.3 is 0 Å². The fourth-order valence-corrected chi connectivity index (χ4v) is 2.28. The second-order valence-corrected chi connectivity index (χ2v) is 5.14. The van der Waals surface area contributed by atoms with Gasteiger partial charge in [0.2, 0.25) is 0 Å². The minimum absolute atomic E-state index is 0.0770. The van der Waals surface area contributed by atoms with Gasteiger partial charge in [-0.25, -0.2) is 5.43 Å². The van der Waals surface area contributed by atoms with Crippen molar-refractivity contribution in [3.63, 3.8) is 0 Å². The first-order valence-electron chi connectivity index (χ1n) is 6.99. The minimum atomic E-state index is 0.0770. The molecule has 104 valence electrons. The van der Waals surface area contributed by atoms with Crippen molar-refractivity contribution >= 4 is 11.6 Å². The van der Waals surface area contributed by atoms with E-state index in [1.165, 1.54) is 44.9 Å². The van der Waals surface area contributed by atoms with Crippen LogP contribution in [0.3, 0.4) is 0 Å². The van der Waals surface area contributed by atoms with Gasteiger partial charge in [0.1, 0.15) is 5.76 Å².